The van der Waals surface area contributed by atoms with Gasteiger partial charge in [0, 0.05) is 19.8 Å². The molecule has 10 heteroatoms. The molecule has 5 aromatic rings. The Morgan fingerprint density at radius 2 is 1.68 bits per heavy atom. The molecular weight excluding hydrogens is 538 g/mol. The summed E-state index contributed by atoms with van der Waals surface area (Å²) in [7, 11) is 5.04. The second-order valence-corrected chi connectivity index (χ2v) is 10.8. The van der Waals surface area contributed by atoms with E-state index in [0.29, 0.717) is 32.0 Å². The van der Waals surface area contributed by atoms with Gasteiger partial charge >= 0.3 is 5.69 Å². The minimum Gasteiger partial charge on any atom is -0.497 e. The number of hydrogen-bond acceptors (Lipinski definition) is 6. The summed E-state index contributed by atoms with van der Waals surface area (Å²) in [6.07, 6.45) is 1.80. The number of allylic oxidation sites excluding steroid dienone is 1. The van der Waals surface area contributed by atoms with E-state index in [1.54, 1.807) is 47.9 Å². The summed E-state index contributed by atoms with van der Waals surface area (Å²) >= 11 is 1.27. The van der Waals surface area contributed by atoms with Crippen molar-refractivity contribution in [1.29, 1.82) is 0 Å². The van der Waals surface area contributed by atoms with Crippen LogP contribution < -0.4 is 30.6 Å². The van der Waals surface area contributed by atoms with Crippen molar-refractivity contribution >= 4 is 40.0 Å². The summed E-state index contributed by atoms with van der Waals surface area (Å²) in [6, 6.07) is 21.5. The molecule has 0 bridgehead atoms. The van der Waals surface area contributed by atoms with Crippen molar-refractivity contribution in [3.8, 4) is 5.75 Å². The Morgan fingerprint density at radius 1 is 0.976 bits per heavy atom. The summed E-state index contributed by atoms with van der Waals surface area (Å²) < 4.78 is 10.6. The molecule has 0 radical (unpaired) electrons. The fraction of sp³-hybridized carbons (Fsp3) is 0.161. The first-order chi connectivity index (χ1) is 19.8. The van der Waals surface area contributed by atoms with Gasteiger partial charge in [0.25, 0.3) is 11.5 Å². The summed E-state index contributed by atoms with van der Waals surface area (Å²) in [5.74, 6) is 0.339. The molecule has 41 heavy (non-hydrogen) atoms. The minimum absolute atomic E-state index is 0.118. The predicted molar refractivity (Wildman–Crippen MR) is 160 cm³/mol. The van der Waals surface area contributed by atoms with Gasteiger partial charge < -0.3 is 10.1 Å². The normalized spacial score (nSPS) is 15.1. The number of imidazole rings is 1. The molecule has 0 spiro atoms. The van der Waals surface area contributed by atoms with E-state index in [1.807, 2.05) is 72.8 Å². The molecule has 0 saturated heterocycles. The Kier molecular flexibility index (Phi) is 6.55. The smallest absolute Gasteiger partial charge is 0.328 e. The lowest BCUT2D eigenvalue weighted by Gasteiger charge is -2.25. The molecule has 9 nitrogen and oxygen atoms in total. The third-order valence-corrected chi connectivity index (χ3v) is 8.31. The Labute approximate surface area is 238 Å². The molecule has 1 amide bonds. The number of para-hydroxylation sites is 1. The number of carbonyl (C=O) groups excluding carboxylic acids is 1. The van der Waals surface area contributed by atoms with Gasteiger partial charge in [-0.1, -0.05) is 47.7 Å². The van der Waals surface area contributed by atoms with Crippen molar-refractivity contribution < 1.29 is 9.53 Å². The monoisotopic (exact) mass is 565 g/mol. The molecule has 0 fully saturated rings. The van der Waals surface area contributed by atoms with E-state index in [-0.39, 0.29) is 17.2 Å². The standard InChI is InChI=1S/C31H27N5O4S/c1-18-26(28(37)33-21-8-6-5-7-9-21)27(20-11-13-22(40-4)14-12-20)36-29(38)25(41-30(36)32-18)17-19-10-15-23-24(16-19)35(3)31(39)34(23)2/h5-17,27H,1-4H3,(H,33,37)/b25-17+. The number of aromatic nitrogens is 3. The van der Waals surface area contributed by atoms with Crippen LogP contribution in [0.2, 0.25) is 0 Å². The van der Waals surface area contributed by atoms with Crippen LogP contribution in [-0.4, -0.2) is 26.7 Å². The number of aryl methyl sites for hydroxylation is 2. The molecule has 2 aromatic heterocycles. The molecular formula is C31H27N5O4S. The number of ether oxygens (including phenoxy) is 1. The molecule has 0 saturated carbocycles. The first-order valence-electron chi connectivity index (χ1n) is 12.9. The van der Waals surface area contributed by atoms with Crippen molar-refractivity contribution in [2.75, 3.05) is 12.4 Å². The summed E-state index contributed by atoms with van der Waals surface area (Å²) in [6.45, 7) is 1.79. The van der Waals surface area contributed by atoms with Crippen LogP contribution in [0.1, 0.15) is 24.1 Å². The van der Waals surface area contributed by atoms with Gasteiger partial charge in [-0.3, -0.25) is 23.3 Å². The van der Waals surface area contributed by atoms with Crippen LogP contribution in [0.3, 0.4) is 0 Å². The van der Waals surface area contributed by atoms with Crippen molar-refractivity contribution in [1.82, 2.24) is 13.7 Å². The highest BCUT2D eigenvalue weighted by Crippen LogP contribution is 2.31. The topological polar surface area (TPSA) is 99.6 Å². The number of anilines is 1. The second-order valence-electron chi connectivity index (χ2n) is 9.82. The summed E-state index contributed by atoms with van der Waals surface area (Å²) in [4.78, 5) is 45.3. The number of rotatable bonds is 5. The molecule has 1 N–H and O–H groups in total. The fourth-order valence-electron chi connectivity index (χ4n) is 5.20. The van der Waals surface area contributed by atoms with E-state index in [2.05, 4.69) is 5.32 Å². The molecule has 1 aliphatic rings. The first-order valence-corrected chi connectivity index (χ1v) is 13.8. The Balaban J connectivity index is 1.51. The third kappa shape index (κ3) is 4.52. The van der Waals surface area contributed by atoms with Crippen molar-refractivity contribution in [3.05, 3.63) is 125 Å². The van der Waals surface area contributed by atoms with Crippen molar-refractivity contribution in [2.45, 2.75) is 13.0 Å². The number of fused-ring (bicyclic) bond motifs is 2. The highest BCUT2D eigenvalue weighted by molar-refractivity contribution is 7.07. The van der Waals surface area contributed by atoms with Crippen LogP contribution in [0.5, 0.6) is 5.75 Å². The number of hydrogen-bond donors (Lipinski definition) is 1. The molecule has 1 aliphatic heterocycles. The van der Waals surface area contributed by atoms with E-state index in [4.69, 9.17) is 9.73 Å². The molecule has 0 aliphatic carbocycles. The van der Waals surface area contributed by atoms with Crippen LogP contribution in [-0.2, 0) is 18.9 Å². The first kappa shape index (κ1) is 26.3. The van der Waals surface area contributed by atoms with Crippen molar-refractivity contribution in [3.63, 3.8) is 0 Å². The second kappa shape index (κ2) is 10.2. The van der Waals surface area contributed by atoms with Gasteiger partial charge in [0.2, 0.25) is 0 Å². The average Bonchev–Trinajstić information content (AvgIpc) is 3.40. The van der Waals surface area contributed by atoms with Gasteiger partial charge in [0.15, 0.2) is 4.80 Å². The Bertz CT molecular complexity index is 2100. The van der Waals surface area contributed by atoms with Gasteiger partial charge in [-0.2, -0.15) is 0 Å². The van der Waals surface area contributed by atoms with Crippen LogP contribution in [0.15, 0.2) is 98.6 Å². The van der Waals surface area contributed by atoms with E-state index in [1.165, 1.54) is 11.3 Å². The fourth-order valence-corrected chi connectivity index (χ4v) is 6.24. The van der Waals surface area contributed by atoms with Crippen LogP contribution in [0.4, 0.5) is 5.69 Å². The van der Waals surface area contributed by atoms with Gasteiger partial charge in [0.1, 0.15) is 5.75 Å². The number of nitrogens with one attached hydrogen (secondary N) is 1. The van der Waals surface area contributed by atoms with E-state index < -0.39 is 6.04 Å². The number of carbonyl (C=O) groups is 1. The molecule has 1 atom stereocenters. The van der Waals surface area contributed by atoms with E-state index >= 15 is 0 Å². The predicted octanol–water partition coefficient (Wildman–Crippen LogP) is 3.07. The Hall–Kier alpha value is -4.96. The number of nitrogens with zero attached hydrogens (tertiary/aromatic N) is 4. The number of amides is 1. The quantitative estimate of drug-likeness (QED) is 0.354. The largest absolute Gasteiger partial charge is 0.497 e. The minimum atomic E-state index is -0.694. The Morgan fingerprint density at radius 3 is 2.39 bits per heavy atom. The SMILES string of the molecule is COc1ccc(C2C(C(=O)Nc3ccccc3)=C(C)N=c3s/c(=C/c4ccc5c(c4)n(C)c(=O)n5C)c(=O)n32)cc1. The molecule has 6 rings (SSSR count). The third-order valence-electron chi connectivity index (χ3n) is 7.32. The molecule has 1 unspecified atom stereocenters. The zero-order valence-electron chi connectivity index (χ0n) is 22.9. The number of thiazole rings is 1. The van der Waals surface area contributed by atoms with Crippen LogP contribution in [0, 0.1) is 0 Å². The molecule has 3 aromatic carbocycles. The molecule has 3 heterocycles. The van der Waals surface area contributed by atoms with Crippen molar-refractivity contribution in [2.24, 2.45) is 19.1 Å². The number of benzene rings is 3. The van der Waals surface area contributed by atoms with Gasteiger partial charge in [-0.15, -0.1) is 0 Å². The zero-order valence-corrected chi connectivity index (χ0v) is 23.7. The van der Waals surface area contributed by atoms with Gasteiger partial charge in [0.05, 0.1) is 40.0 Å². The van der Waals surface area contributed by atoms with Gasteiger partial charge in [-0.05, 0) is 60.5 Å². The zero-order chi connectivity index (χ0) is 28.8. The van der Waals surface area contributed by atoms with Gasteiger partial charge in [-0.25, -0.2) is 9.79 Å². The van der Waals surface area contributed by atoms with E-state index in [0.717, 1.165) is 22.2 Å². The number of methoxy groups -OCH3 is 1. The van der Waals surface area contributed by atoms with E-state index in [9.17, 15) is 14.4 Å². The maximum atomic E-state index is 14.0. The summed E-state index contributed by atoms with van der Waals surface area (Å²) in [5.41, 5.74) is 4.31. The highest BCUT2D eigenvalue weighted by Gasteiger charge is 2.32. The lowest BCUT2D eigenvalue weighted by Crippen LogP contribution is -2.40. The lowest BCUT2D eigenvalue weighted by atomic mass is 9.95. The average molecular weight is 566 g/mol. The molecule has 206 valence electrons. The lowest BCUT2D eigenvalue weighted by molar-refractivity contribution is -0.113. The highest BCUT2D eigenvalue weighted by atomic mass is 32.1. The van der Waals surface area contributed by atoms with Crippen LogP contribution >= 0.6 is 11.3 Å². The maximum absolute atomic E-state index is 14.0. The maximum Gasteiger partial charge on any atom is 0.328 e. The van der Waals surface area contributed by atoms with Crippen LogP contribution in [0.25, 0.3) is 17.1 Å². The summed E-state index contributed by atoms with van der Waals surface area (Å²) in [5, 5.41) is 2.96.